The maximum absolute atomic E-state index is 12.0. The Labute approximate surface area is 131 Å². The van der Waals surface area contributed by atoms with Crippen molar-refractivity contribution in [3.8, 4) is 0 Å². The minimum absolute atomic E-state index is 0.0215. The molecule has 1 aromatic carbocycles. The average molecular weight is 304 g/mol. The molecule has 1 aliphatic heterocycles. The molecule has 0 aliphatic carbocycles. The second-order valence-corrected chi connectivity index (χ2v) is 5.82. The molecule has 1 fully saturated rings. The maximum atomic E-state index is 12.0. The Morgan fingerprint density at radius 3 is 2.50 bits per heavy atom. The Morgan fingerprint density at radius 2 is 1.91 bits per heavy atom. The molecule has 1 aromatic rings. The van der Waals surface area contributed by atoms with Crippen LogP contribution >= 0.6 is 0 Å². The van der Waals surface area contributed by atoms with Crippen LogP contribution in [0.2, 0.25) is 0 Å². The zero-order chi connectivity index (χ0) is 16.1. The summed E-state index contributed by atoms with van der Waals surface area (Å²) < 4.78 is 0. The molecule has 1 aliphatic rings. The van der Waals surface area contributed by atoms with Crippen molar-refractivity contribution in [1.82, 2.24) is 14.8 Å². The molecule has 1 heterocycles. The predicted octanol–water partition coefficient (Wildman–Crippen LogP) is 0.339. The number of Topliss-reactive ketones (excluding diaryl/α,β-unsaturated/α-hetero) is 1. The molecule has 0 spiro atoms. The fourth-order valence-corrected chi connectivity index (χ4v) is 2.64. The van der Waals surface area contributed by atoms with Crippen molar-refractivity contribution >= 4 is 11.7 Å². The molecule has 0 atom stereocenters. The number of carbonyl (C=O) groups is 2. The van der Waals surface area contributed by atoms with Crippen molar-refractivity contribution in [2.24, 2.45) is 5.84 Å². The molecule has 0 radical (unpaired) electrons. The lowest BCUT2D eigenvalue weighted by Crippen LogP contribution is -2.47. The van der Waals surface area contributed by atoms with Crippen LogP contribution in [0.15, 0.2) is 24.3 Å². The number of hydrogen-bond donors (Lipinski definition) is 1. The van der Waals surface area contributed by atoms with Gasteiger partial charge in [0.1, 0.15) is 0 Å². The second-order valence-electron chi connectivity index (χ2n) is 5.82. The number of benzene rings is 1. The Kier molecular flexibility index (Phi) is 5.65. The number of piperazine rings is 1. The number of nitrogens with zero attached hydrogens (tertiary/aromatic N) is 3. The zero-order valence-corrected chi connectivity index (χ0v) is 13.3. The molecule has 2 rings (SSSR count). The number of nitrogens with two attached hydrogens (primary N) is 1. The van der Waals surface area contributed by atoms with E-state index in [1.54, 1.807) is 14.0 Å². The number of hydrazine groups is 1. The number of carbonyl (C=O) groups excluding carboxylic acids is 2. The van der Waals surface area contributed by atoms with Gasteiger partial charge in [0.15, 0.2) is 5.78 Å². The van der Waals surface area contributed by atoms with Crippen molar-refractivity contribution in [3.05, 3.63) is 35.4 Å². The van der Waals surface area contributed by atoms with Crippen LogP contribution in [0.4, 0.5) is 0 Å². The summed E-state index contributed by atoms with van der Waals surface area (Å²) in [4.78, 5) is 27.5. The van der Waals surface area contributed by atoms with E-state index in [1.165, 1.54) is 5.01 Å². The van der Waals surface area contributed by atoms with Gasteiger partial charge in [0, 0.05) is 52.3 Å². The summed E-state index contributed by atoms with van der Waals surface area (Å²) in [6.45, 7) is 5.88. The van der Waals surface area contributed by atoms with E-state index in [9.17, 15) is 9.59 Å². The van der Waals surface area contributed by atoms with Gasteiger partial charge in [-0.25, -0.2) is 5.01 Å². The molecule has 6 nitrogen and oxygen atoms in total. The van der Waals surface area contributed by atoms with Crippen LogP contribution in [0.25, 0.3) is 0 Å². The van der Waals surface area contributed by atoms with Crippen LogP contribution in [0.5, 0.6) is 0 Å². The smallest absolute Gasteiger partial charge is 0.219 e. The van der Waals surface area contributed by atoms with Crippen LogP contribution in [-0.4, -0.2) is 66.3 Å². The molecule has 1 amide bonds. The molecule has 0 saturated carbocycles. The van der Waals surface area contributed by atoms with E-state index < -0.39 is 0 Å². The van der Waals surface area contributed by atoms with E-state index in [1.807, 2.05) is 29.2 Å². The molecular formula is C16H24N4O2. The fourth-order valence-electron chi connectivity index (χ4n) is 2.64. The quantitative estimate of drug-likeness (QED) is 0.482. The zero-order valence-electron chi connectivity index (χ0n) is 13.3. The van der Waals surface area contributed by atoms with Gasteiger partial charge >= 0.3 is 0 Å². The van der Waals surface area contributed by atoms with Gasteiger partial charge in [-0.2, -0.15) is 0 Å². The van der Waals surface area contributed by atoms with E-state index >= 15 is 0 Å². The van der Waals surface area contributed by atoms with E-state index in [2.05, 4.69) is 4.90 Å². The number of likely N-dealkylation sites (N-methyl/N-ethyl adjacent to an activating group) is 1. The van der Waals surface area contributed by atoms with Gasteiger partial charge in [0.25, 0.3) is 0 Å². The predicted molar refractivity (Wildman–Crippen MR) is 85.1 cm³/mol. The summed E-state index contributed by atoms with van der Waals surface area (Å²) in [5, 5.41) is 1.38. The number of hydrogen-bond acceptors (Lipinski definition) is 5. The third-order valence-corrected chi connectivity index (χ3v) is 3.87. The summed E-state index contributed by atoms with van der Waals surface area (Å²) in [7, 11) is 1.68. The van der Waals surface area contributed by atoms with Gasteiger partial charge in [-0.1, -0.05) is 18.2 Å². The lowest BCUT2D eigenvalue weighted by atomic mass is 10.1. The van der Waals surface area contributed by atoms with Gasteiger partial charge in [0.2, 0.25) is 5.91 Å². The average Bonchev–Trinajstić information content (AvgIpc) is 2.47. The third-order valence-electron chi connectivity index (χ3n) is 3.87. The second kappa shape index (κ2) is 7.49. The Bertz CT molecular complexity index is 537. The highest BCUT2D eigenvalue weighted by Crippen LogP contribution is 2.11. The fraction of sp³-hybridized carbons (Fsp3) is 0.500. The molecule has 6 heteroatoms. The SMILES string of the molecule is CC(=O)N1CCN(Cc2cccc(C(=O)CN(C)N)c2)CC1. The molecule has 120 valence electrons. The minimum atomic E-state index is 0.0215. The highest BCUT2D eigenvalue weighted by Gasteiger charge is 2.18. The first-order valence-electron chi connectivity index (χ1n) is 7.51. The van der Waals surface area contributed by atoms with Crippen molar-refractivity contribution < 1.29 is 9.59 Å². The molecule has 0 bridgehead atoms. The van der Waals surface area contributed by atoms with Crippen LogP contribution in [0, 0.1) is 0 Å². The third kappa shape index (κ3) is 4.62. The summed E-state index contributed by atoms with van der Waals surface area (Å²) >= 11 is 0. The van der Waals surface area contributed by atoms with Crippen LogP contribution in [0.3, 0.4) is 0 Å². The Morgan fingerprint density at radius 1 is 1.23 bits per heavy atom. The summed E-state index contributed by atoms with van der Waals surface area (Å²) in [5.74, 6) is 5.69. The Balaban J connectivity index is 1.94. The molecule has 0 unspecified atom stereocenters. The van der Waals surface area contributed by atoms with Gasteiger partial charge in [-0.05, 0) is 11.6 Å². The van der Waals surface area contributed by atoms with Crippen LogP contribution in [0.1, 0.15) is 22.8 Å². The lowest BCUT2D eigenvalue weighted by Gasteiger charge is -2.34. The summed E-state index contributed by atoms with van der Waals surface area (Å²) in [5.41, 5.74) is 1.80. The van der Waals surface area contributed by atoms with Crippen molar-refractivity contribution in [3.63, 3.8) is 0 Å². The first kappa shape index (κ1) is 16.6. The van der Waals surface area contributed by atoms with Gasteiger partial charge < -0.3 is 4.90 Å². The first-order valence-corrected chi connectivity index (χ1v) is 7.51. The topological polar surface area (TPSA) is 69.9 Å². The van der Waals surface area contributed by atoms with E-state index in [0.717, 1.165) is 38.3 Å². The molecule has 22 heavy (non-hydrogen) atoms. The van der Waals surface area contributed by atoms with Gasteiger partial charge in [0.05, 0.1) is 6.54 Å². The minimum Gasteiger partial charge on any atom is -0.340 e. The molecular weight excluding hydrogens is 280 g/mol. The van der Waals surface area contributed by atoms with E-state index in [-0.39, 0.29) is 18.2 Å². The van der Waals surface area contributed by atoms with Crippen molar-refractivity contribution in [1.29, 1.82) is 0 Å². The number of amides is 1. The monoisotopic (exact) mass is 304 g/mol. The summed E-state index contributed by atoms with van der Waals surface area (Å²) in [6, 6.07) is 7.69. The number of ketones is 1. The number of rotatable bonds is 5. The van der Waals surface area contributed by atoms with Crippen LogP contribution in [-0.2, 0) is 11.3 Å². The standard InChI is InChI=1S/C16H24N4O2/c1-13(21)20-8-6-19(7-9-20)11-14-4-3-5-15(10-14)16(22)12-18(2)17/h3-5,10H,6-9,11-12,17H2,1-2H3. The molecule has 2 N–H and O–H groups in total. The normalized spacial score (nSPS) is 16.1. The summed E-state index contributed by atoms with van der Waals surface area (Å²) in [6.07, 6.45) is 0. The first-order chi connectivity index (χ1) is 10.5. The molecule has 1 saturated heterocycles. The van der Waals surface area contributed by atoms with Crippen molar-refractivity contribution in [2.75, 3.05) is 39.8 Å². The largest absolute Gasteiger partial charge is 0.340 e. The van der Waals surface area contributed by atoms with Crippen LogP contribution < -0.4 is 5.84 Å². The van der Waals surface area contributed by atoms with Gasteiger partial charge in [-0.15, -0.1) is 0 Å². The van der Waals surface area contributed by atoms with Crippen molar-refractivity contribution in [2.45, 2.75) is 13.5 Å². The Hall–Kier alpha value is -1.76. The highest BCUT2D eigenvalue weighted by molar-refractivity contribution is 5.97. The highest BCUT2D eigenvalue weighted by atomic mass is 16.2. The molecule has 0 aromatic heterocycles. The van der Waals surface area contributed by atoms with Gasteiger partial charge in [-0.3, -0.25) is 20.3 Å². The van der Waals surface area contributed by atoms with E-state index in [4.69, 9.17) is 5.84 Å². The van der Waals surface area contributed by atoms with E-state index in [0.29, 0.717) is 5.56 Å². The maximum Gasteiger partial charge on any atom is 0.219 e. The lowest BCUT2D eigenvalue weighted by molar-refractivity contribution is -0.130.